The van der Waals surface area contributed by atoms with Crippen LogP contribution in [0.15, 0.2) is 59.7 Å². The van der Waals surface area contributed by atoms with Crippen molar-refractivity contribution in [3.8, 4) is 0 Å². The highest BCUT2D eigenvalue weighted by molar-refractivity contribution is 5.90. The fourth-order valence-corrected chi connectivity index (χ4v) is 3.30. The van der Waals surface area contributed by atoms with E-state index in [4.69, 9.17) is 0 Å². The summed E-state index contributed by atoms with van der Waals surface area (Å²) in [5.41, 5.74) is 0.741. The van der Waals surface area contributed by atoms with Gasteiger partial charge in [0.05, 0.1) is 12.1 Å². The minimum Gasteiger partial charge on any atom is -0.325 e. The monoisotopic (exact) mass is 456 g/mol. The number of amides is 1. The largest absolute Gasteiger partial charge is 0.416 e. The van der Waals surface area contributed by atoms with Crippen LogP contribution < -0.4 is 10.9 Å². The third kappa shape index (κ3) is 4.92. The predicted octanol–water partition coefficient (Wildman–Crippen LogP) is 3.26. The zero-order chi connectivity index (χ0) is 23.6. The molecule has 0 aliphatic carbocycles. The molecular weight excluding hydrogens is 437 g/mol. The first-order chi connectivity index (χ1) is 15.7. The van der Waals surface area contributed by atoms with E-state index >= 15 is 0 Å². The van der Waals surface area contributed by atoms with Gasteiger partial charge in [0.1, 0.15) is 12.9 Å². The topological polar surface area (TPSA) is 94.7 Å². The number of alkyl halides is 3. The van der Waals surface area contributed by atoms with Crippen LogP contribution in [-0.4, -0.2) is 30.5 Å². The van der Waals surface area contributed by atoms with Gasteiger partial charge in [0.2, 0.25) is 5.91 Å². The smallest absolute Gasteiger partial charge is 0.325 e. The van der Waals surface area contributed by atoms with Crippen LogP contribution in [0.3, 0.4) is 0 Å². The lowest BCUT2D eigenvalue weighted by Gasteiger charge is -2.09. The number of benzene rings is 2. The van der Waals surface area contributed by atoms with Gasteiger partial charge in [-0.15, -0.1) is 5.10 Å². The first kappa shape index (κ1) is 22.2. The maximum atomic E-state index is 12.9. The Labute approximate surface area is 185 Å². The number of carbonyl (C=O) groups is 1. The first-order valence-electron chi connectivity index (χ1n) is 10.1. The Hall–Kier alpha value is -4.02. The van der Waals surface area contributed by atoms with E-state index in [-0.39, 0.29) is 24.3 Å². The number of aromatic nitrogens is 5. The van der Waals surface area contributed by atoms with E-state index in [1.54, 1.807) is 12.1 Å². The number of anilines is 1. The van der Waals surface area contributed by atoms with Gasteiger partial charge in [-0.1, -0.05) is 36.4 Å². The van der Waals surface area contributed by atoms with Gasteiger partial charge in [0, 0.05) is 5.69 Å². The summed E-state index contributed by atoms with van der Waals surface area (Å²) >= 11 is 0. The second-order valence-electron chi connectivity index (χ2n) is 7.39. The predicted molar refractivity (Wildman–Crippen MR) is 115 cm³/mol. The van der Waals surface area contributed by atoms with Gasteiger partial charge in [-0.3, -0.25) is 14.2 Å². The Kier molecular flexibility index (Phi) is 5.95. The van der Waals surface area contributed by atoms with Crippen molar-refractivity contribution >= 4 is 22.8 Å². The lowest BCUT2D eigenvalue weighted by Crippen LogP contribution is -2.28. The second-order valence-corrected chi connectivity index (χ2v) is 7.39. The zero-order valence-electron chi connectivity index (χ0n) is 17.5. The molecule has 0 atom stereocenters. The molecule has 8 nitrogen and oxygen atoms in total. The van der Waals surface area contributed by atoms with Crippen LogP contribution in [0.25, 0.3) is 11.2 Å². The molecule has 33 heavy (non-hydrogen) atoms. The minimum atomic E-state index is -4.47. The van der Waals surface area contributed by atoms with Crippen LogP contribution in [0.5, 0.6) is 0 Å². The molecule has 2 heterocycles. The molecule has 0 fully saturated rings. The molecule has 4 aromatic rings. The summed E-state index contributed by atoms with van der Waals surface area (Å²) in [5, 5.41) is 10.4. The summed E-state index contributed by atoms with van der Waals surface area (Å²) in [5.74, 6) is -0.418. The van der Waals surface area contributed by atoms with Crippen molar-refractivity contribution in [1.82, 2.24) is 24.5 Å². The quantitative estimate of drug-likeness (QED) is 0.481. The third-order valence-corrected chi connectivity index (χ3v) is 5.04. The van der Waals surface area contributed by atoms with Crippen LogP contribution in [0.2, 0.25) is 0 Å². The summed E-state index contributed by atoms with van der Waals surface area (Å²) < 4.78 is 41.2. The highest BCUT2D eigenvalue weighted by Crippen LogP contribution is 2.29. The Balaban J connectivity index is 1.52. The molecule has 0 aliphatic rings. The number of aryl methyl sites for hydroxylation is 1. The lowest BCUT2D eigenvalue weighted by atomic mass is 10.1. The van der Waals surface area contributed by atoms with Crippen molar-refractivity contribution in [3.05, 3.63) is 81.9 Å². The maximum Gasteiger partial charge on any atom is 0.416 e. The number of fused-ring (bicyclic) bond motifs is 1. The molecule has 4 rings (SSSR count). The average Bonchev–Trinajstić information content (AvgIpc) is 3.19. The number of nitrogens with one attached hydrogen (secondary N) is 1. The fraction of sp³-hybridized carbons (Fsp3) is 0.227. The number of halogens is 3. The van der Waals surface area contributed by atoms with E-state index in [0.717, 1.165) is 28.7 Å². The molecule has 1 amide bonds. The van der Waals surface area contributed by atoms with Crippen LogP contribution in [-0.2, 0) is 30.5 Å². The average molecular weight is 456 g/mol. The molecular formula is C22H19F3N6O2. The Bertz CT molecular complexity index is 1360. The van der Waals surface area contributed by atoms with E-state index in [0.29, 0.717) is 11.3 Å². The summed E-state index contributed by atoms with van der Waals surface area (Å²) in [4.78, 5) is 29.2. The van der Waals surface area contributed by atoms with Crippen molar-refractivity contribution in [2.24, 2.45) is 0 Å². The summed E-state index contributed by atoms with van der Waals surface area (Å²) in [6.07, 6.45) is -2.40. The van der Waals surface area contributed by atoms with Crippen molar-refractivity contribution in [1.29, 1.82) is 0 Å². The van der Waals surface area contributed by atoms with Crippen molar-refractivity contribution in [3.63, 3.8) is 0 Å². The Morgan fingerprint density at radius 3 is 2.55 bits per heavy atom. The van der Waals surface area contributed by atoms with Crippen LogP contribution >= 0.6 is 0 Å². The van der Waals surface area contributed by atoms with Crippen molar-refractivity contribution in [2.75, 3.05) is 5.32 Å². The summed E-state index contributed by atoms with van der Waals surface area (Å²) in [6, 6.07) is 12.2. The number of rotatable bonds is 6. The molecule has 2 aromatic carbocycles. The third-order valence-electron chi connectivity index (χ3n) is 5.04. The van der Waals surface area contributed by atoms with Crippen molar-refractivity contribution < 1.29 is 18.0 Å². The van der Waals surface area contributed by atoms with Gasteiger partial charge in [0.25, 0.3) is 5.56 Å². The first-order valence-corrected chi connectivity index (χ1v) is 10.1. The molecule has 0 saturated carbocycles. The van der Waals surface area contributed by atoms with E-state index in [1.807, 2.05) is 19.1 Å². The van der Waals surface area contributed by atoms with Crippen LogP contribution in [0.4, 0.5) is 18.9 Å². The second kappa shape index (κ2) is 8.85. The lowest BCUT2D eigenvalue weighted by molar-refractivity contribution is -0.137. The maximum absolute atomic E-state index is 12.9. The van der Waals surface area contributed by atoms with E-state index in [2.05, 4.69) is 20.6 Å². The molecule has 0 aliphatic heterocycles. The number of hydrogen-bond donors (Lipinski definition) is 1. The molecule has 0 radical (unpaired) electrons. The number of nitrogens with zero attached hydrogens (tertiary/aromatic N) is 5. The van der Waals surface area contributed by atoms with Gasteiger partial charge < -0.3 is 5.32 Å². The van der Waals surface area contributed by atoms with Gasteiger partial charge in [-0.25, -0.2) is 9.67 Å². The summed E-state index contributed by atoms with van der Waals surface area (Å²) in [7, 11) is 0. The van der Waals surface area contributed by atoms with E-state index < -0.39 is 23.2 Å². The summed E-state index contributed by atoms with van der Waals surface area (Å²) in [6.45, 7) is 1.70. The van der Waals surface area contributed by atoms with Gasteiger partial charge in [-0.2, -0.15) is 13.2 Å². The van der Waals surface area contributed by atoms with E-state index in [9.17, 15) is 22.8 Å². The normalized spacial score (nSPS) is 11.6. The van der Waals surface area contributed by atoms with Gasteiger partial charge >= 0.3 is 6.18 Å². The molecule has 0 unspecified atom stereocenters. The molecule has 2 aromatic heterocycles. The Morgan fingerprint density at radius 2 is 1.85 bits per heavy atom. The van der Waals surface area contributed by atoms with Gasteiger partial charge in [-0.05, 0) is 41.8 Å². The molecule has 1 N–H and O–H groups in total. The van der Waals surface area contributed by atoms with Gasteiger partial charge in [0.15, 0.2) is 11.2 Å². The highest BCUT2D eigenvalue weighted by Gasteiger charge is 2.30. The molecule has 0 bridgehead atoms. The Morgan fingerprint density at radius 1 is 1.09 bits per heavy atom. The molecule has 0 spiro atoms. The van der Waals surface area contributed by atoms with Crippen molar-refractivity contribution in [2.45, 2.75) is 32.6 Å². The van der Waals surface area contributed by atoms with E-state index in [1.165, 1.54) is 23.1 Å². The standard InChI is InChI=1S/C22H19F3N6O2/c1-2-14-6-8-17(9-7-14)27-18(32)12-30-13-26-20-19(21(30)33)28-29-31(20)11-15-4-3-5-16(10-15)22(23,24)25/h3-10,13H,2,11-12H2,1H3,(H,27,32). The molecule has 11 heteroatoms. The highest BCUT2D eigenvalue weighted by atomic mass is 19.4. The minimum absolute atomic E-state index is 0.0505. The fourth-order valence-electron chi connectivity index (χ4n) is 3.30. The zero-order valence-corrected chi connectivity index (χ0v) is 17.5. The molecule has 170 valence electrons. The number of hydrogen-bond acceptors (Lipinski definition) is 5. The number of carbonyl (C=O) groups excluding carboxylic acids is 1. The molecule has 0 saturated heterocycles. The van der Waals surface area contributed by atoms with Crippen LogP contribution in [0, 0.1) is 0 Å². The van der Waals surface area contributed by atoms with Crippen LogP contribution in [0.1, 0.15) is 23.6 Å². The SMILES string of the molecule is CCc1ccc(NC(=O)Cn2cnc3c(nnn3Cc3cccc(C(F)(F)F)c3)c2=O)cc1.